The zero-order valence-corrected chi connectivity index (χ0v) is 11.0. The van der Waals surface area contributed by atoms with E-state index in [1.54, 1.807) is 12.1 Å². The van der Waals surface area contributed by atoms with Gasteiger partial charge in [-0.15, -0.1) is 0 Å². The first-order valence-electron chi connectivity index (χ1n) is 5.87. The largest absolute Gasteiger partial charge is 0.459 e. The van der Waals surface area contributed by atoms with Gasteiger partial charge in [0.15, 0.2) is 0 Å². The molecule has 0 aliphatic heterocycles. The van der Waals surface area contributed by atoms with Crippen LogP contribution in [0, 0.1) is 0 Å². The van der Waals surface area contributed by atoms with Crippen LogP contribution in [0.15, 0.2) is 24.3 Å². The Kier molecular flexibility index (Phi) is 5.04. The number of esters is 1. The minimum Gasteiger partial charge on any atom is -0.459 e. The third-order valence-corrected chi connectivity index (χ3v) is 2.13. The van der Waals surface area contributed by atoms with Gasteiger partial charge in [0.2, 0.25) is 0 Å². The van der Waals surface area contributed by atoms with Gasteiger partial charge in [0, 0.05) is 12.1 Å². The number of benzene rings is 1. The van der Waals surface area contributed by atoms with Crippen molar-refractivity contribution >= 4 is 12.3 Å². The molecule has 0 aliphatic rings. The van der Waals surface area contributed by atoms with Crippen LogP contribution < -0.4 is 5.32 Å². The summed E-state index contributed by atoms with van der Waals surface area (Å²) < 4.78 is 5.16. The molecule has 1 N–H and O–H groups in total. The number of ether oxygens (including phenoxy) is 1. The molecule has 0 atom stereocenters. The molecule has 4 nitrogen and oxygen atoms in total. The van der Waals surface area contributed by atoms with E-state index < -0.39 is 5.60 Å². The molecule has 0 spiro atoms. The molecule has 0 aromatic heterocycles. The molecule has 1 aromatic carbocycles. The summed E-state index contributed by atoms with van der Waals surface area (Å²) in [6.07, 6.45) is 0.803. The zero-order valence-electron chi connectivity index (χ0n) is 11.0. The van der Waals surface area contributed by atoms with Gasteiger partial charge in [0.05, 0.1) is 6.54 Å². The standard InChI is InChI=1S/C14H19NO3/c1-14(2,3)18-13(17)9-15-8-11-4-6-12(10-16)7-5-11/h4-7,10,15H,8-9H2,1-3H3. The third kappa shape index (κ3) is 5.59. The number of hydrogen-bond donors (Lipinski definition) is 1. The molecule has 0 unspecified atom stereocenters. The van der Waals surface area contributed by atoms with Crippen LogP contribution in [-0.2, 0) is 16.1 Å². The minimum absolute atomic E-state index is 0.173. The number of hydrogen-bond acceptors (Lipinski definition) is 4. The molecule has 1 rings (SSSR count). The topological polar surface area (TPSA) is 55.4 Å². The number of nitrogens with one attached hydrogen (secondary N) is 1. The maximum atomic E-state index is 11.4. The Balaban J connectivity index is 2.33. The van der Waals surface area contributed by atoms with E-state index in [0.29, 0.717) is 12.1 Å². The summed E-state index contributed by atoms with van der Waals surface area (Å²) in [4.78, 5) is 21.9. The molecule has 0 bridgehead atoms. The van der Waals surface area contributed by atoms with Crippen LogP contribution in [0.4, 0.5) is 0 Å². The summed E-state index contributed by atoms with van der Waals surface area (Å²) >= 11 is 0. The number of aldehydes is 1. The summed E-state index contributed by atoms with van der Waals surface area (Å²) in [5.74, 6) is -0.271. The van der Waals surface area contributed by atoms with Gasteiger partial charge >= 0.3 is 5.97 Å². The van der Waals surface area contributed by atoms with E-state index in [9.17, 15) is 9.59 Å². The predicted molar refractivity (Wildman–Crippen MR) is 69.4 cm³/mol. The van der Waals surface area contributed by atoms with Gasteiger partial charge in [-0.2, -0.15) is 0 Å². The van der Waals surface area contributed by atoms with Crippen LogP contribution in [-0.4, -0.2) is 24.4 Å². The fraction of sp³-hybridized carbons (Fsp3) is 0.429. The zero-order chi connectivity index (χ0) is 13.6. The molecule has 0 saturated heterocycles. The Bertz CT molecular complexity index is 404. The number of rotatable bonds is 5. The fourth-order valence-corrected chi connectivity index (χ4v) is 1.40. The monoisotopic (exact) mass is 249 g/mol. The summed E-state index contributed by atoms with van der Waals surface area (Å²) in [5, 5.41) is 3.00. The quantitative estimate of drug-likeness (QED) is 0.640. The molecule has 0 heterocycles. The lowest BCUT2D eigenvalue weighted by atomic mass is 10.1. The molecule has 0 amide bonds. The smallest absolute Gasteiger partial charge is 0.320 e. The van der Waals surface area contributed by atoms with Gasteiger partial charge < -0.3 is 10.1 Å². The first kappa shape index (κ1) is 14.4. The van der Waals surface area contributed by atoms with E-state index in [4.69, 9.17) is 4.74 Å². The van der Waals surface area contributed by atoms with Gasteiger partial charge in [-0.3, -0.25) is 9.59 Å². The van der Waals surface area contributed by atoms with Crippen molar-refractivity contribution in [2.45, 2.75) is 32.9 Å². The average Bonchev–Trinajstić information content (AvgIpc) is 2.27. The van der Waals surface area contributed by atoms with E-state index in [-0.39, 0.29) is 12.5 Å². The van der Waals surface area contributed by atoms with Crippen molar-refractivity contribution in [2.75, 3.05) is 6.54 Å². The summed E-state index contributed by atoms with van der Waals surface area (Å²) in [6, 6.07) is 7.20. The molecule has 98 valence electrons. The van der Waals surface area contributed by atoms with Gasteiger partial charge in [0.1, 0.15) is 11.9 Å². The Morgan fingerprint density at radius 1 is 1.28 bits per heavy atom. The van der Waals surface area contributed by atoms with Crippen LogP contribution >= 0.6 is 0 Å². The van der Waals surface area contributed by atoms with Crippen molar-refractivity contribution in [3.8, 4) is 0 Å². The maximum Gasteiger partial charge on any atom is 0.320 e. The van der Waals surface area contributed by atoms with E-state index in [1.165, 1.54) is 0 Å². The molecule has 4 heteroatoms. The second-order valence-corrected chi connectivity index (χ2v) is 5.05. The second kappa shape index (κ2) is 6.31. The normalized spacial score (nSPS) is 11.1. The van der Waals surface area contributed by atoms with E-state index in [2.05, 4.69) is 5.32 Å². The Morgan fingerprint density at radius 2 is 1.89 bits per heavy atom. The first-order valence-corrected chi connectivity index (χ1v) is 5.87. The van der Waals surface area contributed by atoms with E-state index >= 15 is 0 Å². The van der Waals surface area contributed by atoms with E-state index in [1.807, 2.05) is 32.9 Å². The van der Waals surface area contributed by atoms with E-state index in [0.717, 1.165) is 11.8 Å². The molecular formula is C14H19NO3. The number of carbonyl (C=O) groups is 2. The molecule has 1 aromatic rings. The highest BCUT2D eigenvalue weighted by atomic mass is 16.6. The predicted octanol–water partition coefficient (Wildman–Crippen LogP) is 1.93. The lowest BCUT2D eigenvalue weighted by molar-refractivity contribution is -0.153. The summed E-state index contributed by atoms with van der Waals surface area (Å²) in [6.45, 7) is 6.25. The third-order valence-electron chi connectivity index (χ3n) is 2.13. The highest BCUT2D eigenvalue weighted by molar-refractivity contribution is 5.74. The van der Waals surface area contributed by atoms with Crippen LogP contribution in [0.25, 0.3) is 0 Å². The first-order chi connectivity index (χ1) is 8.40. The molecule has 0 saturated carbocycles. The van der Waals surface area contributed by atoms with Crippen molar-refractivity contribution in [1.82, 2.24) is 5.32 Å². The highest BCUT2D eigenvalue weighted by Gasteiger charge is 2.15. The Morgan fingerprint density at radius 3 is 2.39 bits per heavy atom. The van der Waals surface area contributed by atoms with Crippen molar-refractivity contribution in [2.24, 2.45) is 0 Å². The Hall–Kier alpha value is -1.68. The lowest BCUT2D eigenvalue weighted by Crippen LogP contribution is -2.31. The van der Waals surface area contributed by atoms with Crippen LogP contribution in [0.5, 0.6) is 0 Å². The van der Waals surface area contributed by atoms with Crippen LogP contribution in [0.3, 0.4) is 0 Å². The van der Waals surface area contributed by atoms with Gasteiger partial charge in [0.25, 0.3) is 0 Å². The van der Waals surface area contributed by atoms with Crippen molar-refractivity contribution < 1.29 is 14.3 Å². The SMILES string of the molecule is CC(C)(C)OC(=O)CNCc1ccc(C=O)cc1. The molecular weight excluding hydrogens is 230 g/mol. The molecule has 0 radical (unpaired) electrons. The molecule has 0 aliphatic carbocycles. The average molecular weight is 249 g/mol. The minimum atomic E-state index is -0.454. The molecule has 18 heavy (non-hydrogen) atoms. The van der Waals surface area contributed by atoms with Gasteiger partial charge in [-0.1, -0.05) is 24.3 Å². The van der Waals surface area contributed by atoms with Crippen molar-refractivity contribution in [3.05, 3.63) is 35.4 Å². The number of carbonyl (C=O) groups excluding carboxylic acids is 2. The lowest BCUT2D eigenvalue weighted by Gasteiger charge is -2.19. The van der Waals surface area contributed by atoms with Gasteiger partial charge in [-0.05, 0) is 26.3 Å². The Labute approximate surface area is 107 Å². The summed E-state index contributed by atoms with van der Waals surface area (Å²) in [5.41, 5.74) is 1.21. The van der Waals surface area contributed by atoms with Crippen molar-refractivity contribution in [1.29, 1.82) is 0 Å². The van der Waals surface area contributed by atoms with Gasteiger partial charge in [-0.25, -0.2) is 0 Å². The van der Waals surface area contributed by atoms with Crippen LogP contribution in [0.2, 0.25) is 0 Å². The van der Waals surface area contributed by atoms with Crippen LogP contribution in [0.1, 0.15) is 36.7 Å². The highest BCUT2D eigenvalue weighted by Crippen LogP contribution is 2.06. The fourth-order valence-electron chi connectivity index (χ4n) is 1.40. The maximum absolute atomic E-state index is 11.4. The molecule has 0 fully saturated rings. The second-order valence-electron chi connectivity index (χ2n) is 5.05. The van der Waals surface area contributed by atoms with Crippen molar-refractivity contribution in [3.63, 3.8) is 0 Å². The summed E-state index contributed by atoms with van der Waals surface area (Å²) in [7, 11) is 0.